The third-order valence-corrected chi connectivity index (χ3v) is 5.09. The highest BCUT2D eigenvalue weighted by atomic mass is 32.1. The number of ether oxygens (including phenoxy) is 4. The molecule has 162 valence electrons. The molecule has 0 N–H and O–H groups in total. The fourth-order valence-corrected chi connectivity index (χ4v) is 3.44. The Labute approximate surface area is 185 Å². The normalized spacial score (nSPS) is 14.8. The summed E-state index contributed by atoms with van der Waals surface area (Å²) in [5.41, 5.74) is 1.47. The standard InChI is InChI=1S/C22H22N2O6S/c1-27-16-8-6-15(7-9-16)24-21(26)17(23(22(24)31)13-20(25)30-4)11-14-5-10-18(28-2)19(12-14)29-3/h5-12H,13H2,1-4H3/b17-11-. The zero-order valence-corrected chi connectivity index (χ0v) is 18.4. The van der Waals surface area contributed by atoms with Crippen LogP contribution in [0.5, 0.6) is 17.2 Å². The summed E-state index contributed by atoms with van der Waals surface area (Å²) in [5, 5.41) is 0.173. The van der Waals surface area contributed by atoms with Gasteiger partial charge in [0.2, 0.25) is 0 Å². The predicted molar refractivity (Wildman–Crippen MR) is 119 cm³/mol. The molecule has 1 saturated heterocycles. The molecule has 1 amide bonds. The number of hydrogen-bond donors (Lipinski definition) is 0. The number of amides is 1. The number of hydrogen-bond acceptors (Lipinski definition) is 7. The molecule has 0 aromatic heterocycles. The molecular formula is C22H22N2O6S. The number of rotatable bonds is 7. The van der Waals surface area contributed by atoms with Gasteiger partial charge in [-0.05, 0) is 60.3 Å². The topological polar surface area (TPSA) is 77.5 Å². The van der Waals surface area contributed by atoms with Gasteiger partial charge in [0, 0.05) is 0 Å². The molecule has 0 aliphatic carbocycles. The van der Waals surface area contributed by atoms with Gasteiger partial charge in [-0.2, -0.15) is 0 Å². The van der Waals surface area contributed by atoms with E-state index < -0.39 is 5.97 Å². The molecular weight excluding hydrogens is 420 g/mol. The third kappa shape index (κ3) is 4.46. The lowest BCUT2D eigenvalue weighted by molar-refractivity contribution is -0.140. The van der Waals surface area contributed by atoms with E-state index in [9.17, 15) is 9.59 Å². The van der Waals surface area contributed by atoms with Gasteiger partial charge in [-0.15, -0.1) is 0 Å². The van der Waals surface area contributed by atoms with Crippen molar-refractivity contribution in [1.82, 2.24) is 4.90 Å². The van der Waals surface area contributed by atoms with Crippen molar-refractivity contribution in [3.05, 3.63) is 53.7 Å². The van der Waals surface area contributed by atoms with Gasteiger partial charge in [0.25, 0.3) is 5.91 Å². The van der Waals surface area contributed by atoms with Gasteiger partial charge in [0.05, 0.1) is 34.1 Å². The van der Waals surface area contributed by atoms with Gasteiger partial charge in [0.15, 0.2) is 16.6 Å². The first-order chi connectivity index (χ1) is 14.9. The first-order valence-corrected chi connectivity index (χ1v) is 9.64. The van der Waals surface area contributed by atoms with Gasteiger partial charge in [-0.1, -0.05) is 6.07 Å². The quantitative estimate of drug-likeness (QED) is 0.368. The van der Waals surface area contributed by atoms with Crippen molar-refractivity contribution in [2.75, 3.05) is 39.9 Å². The minimum atomic E-state index is -0.523. The monoisotopic (exact) mass is 442 g/mol. The molecule has 0 bridgehead atoms. The first-order valence-electron chi connectivity index (χ1n) is 9.24. The van der Waals surface area contributed by atoms with E-state index in [4.69, 9.17) is 31.2 Å². The molecule has 2 aromatic carbocycles. The van der Waals surface area contributed by atoms with E-state index in [2.05, 4.69) is 0 Å². The maximum absolute atomic E-state index is 13.3. The minimum Gasteiger partial charge on any atom is -0.497 e. The second-order valence-corrected chi connectivity index (χ2v) is 6.79. The van der Waals surface area contributed by atoms with E-state index in [1.54, 1.807) is 62.8 Å². The number of methoxy groups -OCH3 is 4. The number of benzene rings is 2. The minimum absolute atomic E-state index is 0.173. The molecule has 3 rings (SSSR count). The molecule has 0 atom stereocenters. The van der Waals surface area contributed by atoms with Crippen LogP contribution in [-0.4, -0.2) is 56.9 Å². The van der Waals surface area contributed by atoms with E-state index in [0.29, 0.717) is 28.5 Å². The average molecular weight is 442 g/mol. The Morgan fingerprint density at radius 1 is 0.968 bits per heavy atom. The van der Waals surface area contributed by atoms with Crippen LogP contribution in [0.4, 0.5) is 5.69 Å². The van der Waals surface area contributed by atoms with Crippen molar-refractivity contribution < 1.29 is 28.5 Å². The van der Waals surface area contributed by atoms with Crippen LogP contribution in [0.2, 0.25) is 0 Å². The van der Waals surface area contributed by atoms with Crippen molar-refractivity contribution >= 4 is 41.0 Å². The van der Waals surface area contributed by atoms with Crippen molar-refractivity contribution in [3.63, 3.8) is 0 Å². The van der Waals surface area contributed by atoms with E-state index in [1.165, 1.54) is 24.0 Å². The van der Waals surface area contributed by atoms with E-state index >= 15 is 0 Å². The number of carbonyl (C=O) groups excluding carboxylic acids is 2. The Bertz CT molecular complexity index is 1030. The molecule has 31 heavy (non-hydrogen) atoms. The molecule has 0 saturated carbocycles. The van der Waals surface area contributed by atoms with Gasteiger partial charge < -0.3 is 23.8 Å². The highest BCUT2D eigenvalue weighted by Gasteiger charge is 2.40. The van der Waals surface area contributed by atoms with Gasteiger partial charge in [-0.3, -0.25) is 14.5 Å². The molecule has 1 heterocycles. The Morgan fingerprint density at radius 2 is 1.65 bits per heavy atom. The molecule has 9 heteroatoms. The molecule has 1 aliphatic rings. The lowest BCUT2D eigenvalue weighted by Crippen LogP contribution is -2.35. The van der Waals surface area contributed by atoms with Crippen LogP contribution in [0.15, 0.2) is 48.2 Å². The maximum atomic E-state index is 13.3. The molecule has 1 aliphatic heterocycles. The summed E-state index contributed by atoms with van der Waals surface area (Å²) in [6, 6.07) is 12.1. The molecule has 1 fully saturated rings. The third-order valence-electron chi connectivity index (χ3n) is 4.69. The second kappa shape index (κ2) is 9.48. The van der Waals surface area contributed by atoms with E-state index in [-0.39, 0.29) is 23.3 Å². The lowest BCUT2D eigenvalue weighted by atomic mass is 10.1. The zero-order valence-electron chi connectivity index (χ0n) is 17.6. The van der Waals surface area contributed by atoms with Crippen molar-refractivity contribution in [2.24, 2.45) is 0 Å². The molecule has 0 unspecified atom stereocenters. The number of esters is 1. The zero-order chi connectivity index (χ0) is 22.5. The summed E-state index contributed by atoms with van der Waals surface area (Å²) in [6.45, 7) is -0.202. The highest BCUT2D eigenvalue weighted by molar-refractivity contribution is 7.80. The molecule has 2 aromatic rings. The first kappa shape index (κ1) is 22.1. The lowest BCUT2D eigenvalue weighted by Gasteiger charge is -2.19. The SMILES string of the molecule is COC(=O)CN1C(=S)N(c2ccc(OC)cc2)C(=O)/C1=C/c1ccc(OC)c(OC)c1. The summed E-state index contributed by atoms with van der Waals surface area (Å²) >= 11 is 5.54. The fourth-order valence-electron chi connectivity index (χ4n) is 3.09. The summed E-state index contributed by atoms with van der Waals surface area (Å²) in [4.78, 5) is 28.1. The maximum Gasteiger partial charge on any atom is 0.325 e. The average Bonchev–Trinajstić information content (AvgIpc) is 3.02. The van der Waals surface area contributed by atoms with Crippen LogP contribution in [0.3, 0.4) is 0 Å². The van der Waals surface area contributed by atoms with Gasteiger partial charge in [0.1, 0.15) is 18.0 Å². The van der Waals surface area contributed by atoms with Gasteiger partial charge >= 0.3 is 5.97 Å². The Hall–Kier alpha value is -3.59. The van der Waals surface area contributed by atoms with Crippen molar-refractivity contribution in [3.8, 4) is 17.2 Å². The Balaban J connectivity index is 2.04. The number of anilines is 1. The Kier molecular flexibility index (Phi) is 6.76. The van der Waals surface area contributed by atoms with Crippen LogP contribution in [-0.2, 0) is 14.3 Å². The van der Waals surface area contributed by atoms with Crippen LogP contribution < -0.4 is 19.1 Å². The fraction of sp³-hybridized carbons (Fsp3) is 0.227. The van der Waals surface area contributed by atoms with Crippen molar-refractivity contribution in [2.45, 2.75) is 0 Å². The summed E-state index contributed by atoms with van der Waals surface area (Å²) in [5.74, 6) is 0.827. The molecule has 0 spiro atoms. The predicted octanol–water partition coefficient (Wildman–Crippen LogP) is 2.86. The highest BCUT2D eigenvalue weighted by Crippen LogP contribution is 2.32. The summed E-state index contributed by atoms with van der Waals surface area (Å²) in [7, 11) is 5.91. The van der Waals surface area contributed by atoms with E-state index in [0.717, 1.165) is 0 Å². The summed E-state index contributed by atoms with van der Waals surface area (Å²) in [6.07, 6.45) is 1.64. The van der Waals surface area contributed by atoms with Crippen LogP contribution >= 0.6 is 12.2 Å². The van der Waals surface area contributed by atoms with Crippen molar-refractivity contribution in [1.29, 1.82) is 0 Å². The smallest absolute Gasteiger partial charge is 0.325 e. The number of nitrogens with zero attached hydrogens (tertiary/aromatic N) is 2. The van der Waals surface area contributed by atoms with Crippen LogP contribution in [0.25, 0.3) is 6.08 Å². The van der Waals surface area contributed by atoms with Crippen LogP contribution in [0, 0.1) is 0 Å². The van der Waals surface area contributed by atoms with Crippen LogP contribution in [0.1, 0.15) is 5.56 Å². The van der Waals surface area contributed by atoms with Gasteiger partial charge in [-0.25, -0.2) is 0 Å². The second-order valence-electron chi connectivity index (χ2n) is 6.43. The molecule has 0 radical (unpaired) electrons. The number of thiocarbonyl (C=S) groups is 1. The number of carbonyl (C=O) groups is 2. The Morgan fingerprint density at radius 3 is 2.23 bits per heavy atom. The largest absolute Gasteiger partial charge is 0.497 e. The van der Waals surface area contributed by atoms with E-state index in [1.807, 2.05) is 0 Å². The summed E-state index contributed by atoms with van der Waals surface area (Å²) < 4.78 is 20.5. The molecule has 8 nitrogen and oxygen atoms in total.